The molecular formula is C21H20FNO3. The number of carbonyl (C=O) groups is 1. The van der Waals surface area contributed by atoms with E-state index >= 15 is 0 Å². The number of halogens is 1. The fraction of sp³-hybridized carbons (Fsp3) is 0.286. The number of nitrogens with zero attached hydrogens (tertiary/aromatic N) is 1. The average Bonchev–Trinajstić information content (AvgIpc) is 2.91. The van der Waals surface area contributed by atoms with Gasteiger partial charge in [0.2, 0.25) is 5.78 Å². The summed E-state index contributed by atoms with van der Waals surface area (Å²) in [7, 11) is 0. The quantitative estimate of drug-likeness (QED) is 0.774. The lowest BCUT2D eigenvalue weighted by Gasteiger charge is -2.30. The number of ketones is 1. The zero-order chi connectivity index (χ0) is 18.3. The molecule has 0 aliphatic carbocycles. The standard InChI is InChI=1S/C21H20FNO3/c1-13(2)10-23-11-17-18(25-12-23)7-6-16-20(24)19(26-21(16)17)9-14-4-3-5-15(22)8-14/h3-9,13H,10-12H2,1-2H3/b19-9-. The Labute approximate surface area is 151 Å². The third-order valence-electron chi connectivity index (χ3n) is 4.45. The first-order chi connectivity index (χ1) is 12.5. The van der Waals surface area contributed by atoms with Gasteiger partial charge in [-0.3, -0.25) is 9.69 Å². The molecule has 0 spiro atoms. The fourth-order valence-electron chi connectivity index (χ4n) is 3.39. The number of ether oxygens (including phenoxy) is 2. The third-order valence-corrected chi connectivity index (χ3v) is 4.45. The maximum Gasteiger partial charge on any atom is 0.231 e. The number of allylic oxidation sites excluding steroid dienone is 1. The molecule has 2 aromatic rings. The van der Waals surface area contributed by atoms with E-state index < -0.39 is 0 Å². The molecule has 26 heavy (non-hydrogen) atoms. The SMILES string of the molecule is CC(C)CN1COc2ccc3c(c2C1)O/C(=C\c1cccc(F)c1)C3=O. The normalized spacial score (nSPS) is 17.8. The van der Waals surface area contributed by atoms with Crippen molar-refractivity contribution in [2.24, 2.45) is 5.92 Å². The highest BCUT2D eigenvalue weighted by molar-refractivity contribution is 6.15. The van der Waals surface area contributed by atoms with Gasteiger partial charge in [0.15, 0.2) is 5.76 Å². The second-order valence-electron chi connectivity index (χ2n) is 7.09. The zero-order valence-electron chi connectivity index (χ0n) is 14.8. The van der Waals surface area contributed by atoms with Crippen LogP contribution in [0, 0.1) is 11.7 Å². The first-order valence-electron chi connectivity index (χ1n) is 8.72. The summed E-state index contributed by atoms with van der Waals surface area (Å²) in [5.41, 5.74) is 2.01. The van der Waals surface area contributed by atoms with Crippen molar-refractivity contribution < 1.29 is 18.7 Å². The molecule has 5 heteroatoms. The summed E-state index contributed by atoms with van der Waals surface area (Å²) in [5, 5.41) is 0. The van der Waals surface area contributed by atoms with Crippen molar-refractivity contribution in [2.45, 2.75) is 20.4 Å². The van der Waals surface area contributed by atoms with E-state index in [2.05, 4.69) is 18.7 Å². The van der Waals surface area contributed by atoms with E-state index in [9.17, 15) is 9.18 Å². The van der Waals surface area contributed by atoms with E-state index in [1.165, 1.54) is 12.1 Å². The Kier molecular flexibility index (Phi) is 4.24. The van der Waals surface area contributed by atoms with E-state index in [0.29, 0.717) is 36.1 Å². The Morgan fingerprint density at radius 3 is 2.88 bits per heavy atom. The number of rotatable bonds is 3. The highest BCUT2D eigenvalue weighted by Crippen LogP contribution is 2.42. The smallest absolute Gasteiger partial charge is 0.231 e. The third kappa shape index (κ3) is 3.10. The second-order valence-corrected chi connectivity index (χ2v) is 7.09. The molecule has 0 fully saturated rings. The number of hydrogen-bond donors (Lipinski definition) is 0. The Morgan fingerprint density at radius 2 is 2.12 bits per heavy atom. The lowest BCUT2D eigenvalue weighted by molar-refractivity contribution is 0.0832. The molecule has 0 saturated heterocycles. The lowest BCUT2D eigenvalue weighted by Crippen LogP contribution is -2.34. The summed E-state index contributed by atoms with van der Waals surface area (Å²) < 4.78 is 25.1. The van der Waals surface area contributed by atoms with Crippen LogP contribution in [-0.2, 0) is 6.54 Å². The van der Waals surface area contributed by atoms with Gasteiger partial charge in [-0.1, -0.05) is 26.0 Å². The number of fused-ring (bicyclic) bond motifs is 3. The van der Waals surface area contributed by atoms with Crippen LogP contribution < -0.4 is 9.47 Å². The van der Waals surface area contributed by atoms with Gasteiger partial charge in [-0.2, -0.15) is 0 Å². The van der Waals surface area contributed by atoms with E-state index in [4.69, 9.17) is 9.47 Å². The zero-order valence-corrected chi connectivity index (χ0v) is 14.8. The molecule has 0 amide bonds. The summed E-state index contributed by atoms with van der Waals surface area (Å²) >= 11 is 0. The highest BCUT2D eigenvalue weighted by Gasteiger charge is 2.33. The second kappa shape index (κ2) is 6.57. The molecule has 0 saturated carbocycles. The van der Waals surface area contributed by atoms with Gasteiger partial charge < -0.3 is 9.47 Å². The summed E-state index contributed by atoms with van der Waals surface area (Å²) in [4.78, 5) is 14.9. The summed E-state index contributed by atoms with van der Waals surface area (Å²) in [5.74, 6) is 1.50. The van der Waals surface area contributed by atoms with Crippen LogP contribution >= 0.6 is 0 Å². The van der Waals surface area contributed by atoms with Gasteiger partial charge in [0, 0.05) is 13.1 Å². The maximum absolute atomic E-state index is 13.4. The Bertz CT molecular complexity index is 904. The van der Waals surface area contributed by atoms with Crippen LogP contribution in [0.5, 0.6) is 11.5 Å². The first-order valence-corrected chi connectivity index (χ1v) is 8.72. The van der Waals surface area contributed by atoms with E-state index in [1.54, 1.807) is 24.3 Å². The Morgan fingerprint density at radius 1 is 1.27 bits per heavy atom. The van der Waals surface area contributed by atoms with Crippen LogP contribution in [-0.4, -0.2) is 24.0 Å². The van der Waals surface area contributed by atoms with Crippen molar-refractivity contribution >= 4 is 11.9 Å². The van der Waals surface area contributed by atoms with E-state index in [0.717, 1.165) is 17.9 Å². The molecule has 2 aliphatic rings. The predicted octanol–water partition coefficient (Wildman–Crippen LogP) is 4.25. The maximum atomic E-state index is 13.4. The molecule has 134 valence electrons. The van der Waals surface area contributed by atoms with Crippen LogP contribution in [0.4, 0.5) is 4.39 Å². The van der Waals surface area contributed by atoms with Crippen molar-refractivity contribution in [1.29, 1.82) is 0 Å². The summed E-state index contributed by atoms with van der Waals surface area (Å²) in [6, 6.07) is 9.64. The van der Waals surface area contributed by atoms with Crippen LogP contribution in [0.3, 0.4) is 0 Å². The predicted molar refractivity (Wildman–Crippen MR) is 96.5 cm³/mol. The van der Waals surface area contributed by atoms with Crippen molar-refractivity contribution in [3.63, 3.8) is 0 Å². The molecule has 0 N–H and O–H groups in total. The largest absolute Gasteiger partial charge is 0.478 e. The molecule has 0 unspecified atom stereocenters. The van der Waals surface area contributed by atoms with Gasteiger partial charge >= 0.3 is 0 Å². The van der Waals surface area contributed by atoms with Crippen LogP contribution in [0.15, 0.2) is 42.2 Å². The lowest BCUT2D eigenvalue weighted by atomic mass is 10.0. The molecule has 2 aromatic carbocycles. The Hall–Kier alpha value is -2.66. The van der Waals surface area contributed by atoms with Crippen LogP contribution in [0.25, 0.3) is 6.08 Å². The number of benzene rings is 2. The summed E-state index contributed by atoms with van der Waals surface area (Å²) in [6.07, 6.45) is 1.58. The minimum atomic E-state index is -0.350. The monoisotopic (exact) mass is 353 g/mol. The fourth-order valence-corrected chi connectivity index (χ4v) is 3.39. The van der Waals surface area contributed by atoms with Gasteiger partial charge in [0.1, 0.15) is 24.0 Å². The van der Waals surface area contributed by atoms with Crippen LogP contribution in [0.1, 0.15) is 35.3 Å². The van der Waals surface area contributed by atoms with Crippen molar-refractivity contribution in [3.8, 4) is 11.5 Å². The highest BCUT2D eigenvalue weighted by atomic mass is 19.1. The molecule has 2 heterocycles. The van der Waals surface area contributed by atoms with Gasteiger partial charge in [-0.05, 0) is 41.8 Å². The summed E-state index contributed by atoms with van der Waals surface area (Å²) in [6.45, 7) is 6.43. The number of hydrogen-bond acceptors (Lipinski definition) is 4. The van der Waals surface area contributed by atoms with Crippen LogP contribution in [0.2, 0.25) is 0 Å². The topological polar surface area (TPSA) is 38.8 Å². The van der Waals surface area contributed by atoms with Crippen molar-refractivity contribution in [1.82, 2.24) is 4.90 Å². The molecule has 0 atom stereocenters. The Balaban J connectivity index is 1.67. The van der Waals surface area contributed by atoms with E-state index in [1.807, 2.05) is 6.07 Å². The van der Waals surface area contributed by atoms with Gasteiger partial charge in [0.05, 0.1) is 11.1 Å². The van der Waals surface area contributed by atoms with Gasteiger partial charge in [0.25, 0.3) is 0 Å². The molecule has 0 radical (unpaired) electrons. The van der Waals surface area contributed by atoms with Crippen molar-refractivity contribution in [2.75, 3.05) is 13.3 Å². The minimum absolute atomic E-state index is 0.187. The van der Waals surface area contributed by atoms with E-state index in [-0.39, 0.29) is 17.4 Å². The first kappa shape index (κ1) is 16.8. The number of Topliss-reactive ketones (excluding diaryl/α,β-unsaturated/α-hetero) is 1. The molecule has 2 aliphatic heterocycles. The molecule has 0 bridgehead atoms. The molecule has 4 nitrogen and oxygen atoms in total. The van der Waals surface area contributed by atoms with Crippen molar-refractivity contribution in [3.05, 3.63) is 64.7 Å². The molecule has 4 rings (SSSR count). The molecule has 0 aromatic heterocycles. The number of carbonyl (C=O) groups excluding carboxylic acids is 1. The van der Waals surface area contributed by atoms with Gasteiger partial charge in [-0.15, -0.1) is 0 Å². The minimum Gasteiger partial charge on any atom is -0.478 e. The average molecular weight is 353 g/mol. The van der Waals surface area contributed by atoms with Gasteiger partial charge in [-0.25, -0.2) is 4.39 Å². The molecular weight excluding hydrogens is 333 g/mol.